The Labute approximate surface area is 171 Å². The van der Waals surface area contributed by atoms with E-state index >= 15 is 0 Å². The third-order valence-corrected chi connectivity index (χ3v) is 6.69. The predicted molar refractivity (Wildman–Crippen MR) is 116 cm³/mol. The minimum atomic E-state index is -0.0364. The van der Waals surface area contributed by atoms with Crippen LogP contribution in [0, 0.1) is 0 Å². The summed E-state index contributed by atoms with van der Waals surface area (Å²) >= 11 is 4.64. The van der Waals surface area contributed by atoms with E-state index in [1.54, 1.807) is 11.3 Å². The van der Waals surface area contributed by atoms with Gasteiger partial charge in [-0.2, -0.15) is 0 Å². The molecule has 0 aliphatic rings. The van der Waals surface area contributed by atoms with Gasteiger partial charge in [-0.05, 0) is 42.0 Å². The quantitative estimate of drug-likeness (QED) is 0.457. The predicted octanol–water partition coefficient (Wildman–Crippen LogP) is 4.94. The number of thioether (sulfide) groups is 1. The van der Waals surface area contributed by atoms with Gasteiger partial charge in [0.15, 0.2) is 4.34 Å². The number of benzene rings is 1. The summed E-state index contributed by atoms with van der Waals surface area (Å²) in [5.74, 6) is 0.284. The average molecular weight is 419 g/mol. The number of rotatable bonds is 10. The van der Waals surface area contributed by atoms with E-state index in [0.717, 1.165) is 41.0 Å². The number of carbonyl (C=O) groups excluding carboxylic acids is 1. The summed E-state index contributed by atoms with van der Waals surface area (Å²) in [6, 6.07) is 12.2. The molecule has 0 fully saturated rings. The fourth-order valence-corrected chi connectivity index (χ4v) is 4.74. The Bertz CT molecular complexity index is 831. The van der Waals surface area contributed by atoms with Crippen LogP contribution in [0.5, 0.6) is 0 Å². The van der Waals surface area contributed by atoms with E-state index in [1.807, 2.05) is 12.1 Å². The molecule has 0 saturated heterocycles. The highest BCUT2D eigenvalue weighted by Gasteiger charge is 2.08. The number of carbonyl (C=O) groups is 1. The van der Waals surface area contributed by atoms with Crippen LogP contribution in [0.4, 0.5) is 10.8 Å². The lowest BCUT2D eigenvalue weighted by molar-refractivity contribution is -0.113. The minimum absolute atomic E-state index is 0.0364. The van der Waals surface area contributed by atoms with Gasteiger partial charge in [-0.3, -0.25) is 4.79 Å². The number of anilines is 2. The Hall–Kier alpha value is -1.90. The molecule has 5 nitrogen and oxygen atoms in total. The van der Waals surface area contributed by atoms with Crippen molar-refractivity contribution in [2.75, 3.05) is 22.9 Å². The zero-order valence-corrected chi connectivity index (χ0v) is 17.6. The van der Waals surface area contributed by atoms with Crippen LogP contribution in [0.2, 0.25) is 0 Å². The van der Waals surface area contributed by atoms with Crippen LogP contribution in [-0.2, 0) is 17.6 Å². The summed E-state index contributed by atoms with van der Waals surface area (Å²) in [5, 5.41) is 17.3. The van der Waals surface area contributed by atoms with Gasteiger partial charge in [-0.1, -0.05) is 54.6 Å². The van der Waals surface area contributed by atoms with Gasteiger partial charge in [0, 0.05) is 17.1 Å². The third-order valence-electron chi connectivity index (χ3n) is 3.74. The van der Waals surface area contributed by atoms with Gasteiger partial charge in [0.1, 0.15) is 0 Å². The molecular formula is C19H22N4OS3. The second kappa shape index (κ2) is 10.4. The van der Waals surface area contributed by atoms with E-state index in [0.29, 0.717) is 5.75 Å². The molecule has 0 radical (unpaired) electrons. The summed E-state index contributed by atoms with van der Waals surface area (Å²) in [5.41, 5.74) is 2.12. The maximum Gasteiger partial charge on any atom is 0.234 e. The number of hydrogen-bond acceptors (Lipinski definition) is 7. The van der Waals surface area contributed by atoms with Crippen molar-refractivity contribution < 1.29 is 4.79 Å². The van der Waals surface area contributed by atoms with Crippen LogP contribution in [0.3, 0.4) is 0 Å². The molecule has 27 heavy (non-hydrogen) atoms. The van der Waals surface area contributed by atoms with Crippen LogP contribution in [0.25, 0.3) is 0 Å². The first-order valence-electron chi connectivity index (χ1n) is 8.84. The number of nitrogens with zero attached hydrogens (tertiary/aromatic N) is 2. The molecule has 2 aromatic heterocycles. The highest BCUT2D eigenvalue weighted by Crippen LogP contribution is 2.25. The highest BCUT2D eigenvalue weighted by molar-refractivity contribution is 8.01. The SMILES string of the molecule is CCCc1ccc(NC(=O)CSc2nnc(NCCc3cccs3)s2)cc1. The molecule has 1 aromatic carbocycles. The lowest BCUT2D eigenvalue weighted by atomic mass is 10.1. The lowest BCUT2D eigenvalue weighted by Crippen LogP contribution is -2.13. The molecule has 8 heteroatoms. The topological polar surface area (TPSA) is 66.9 Å². The standard InChI is InChI=1S/C19H22N4OS3/c1-2-4-14-6-8-15(9-7-14)21-17(24)13-26-19-23-22-18(27-19)20-11-10-16-5-3-12-25-16/h3,5-9,12H,2,4,10-11,13H2,1H3,(H,20,22)(H,21,24). The van der Waals surface area contributed by atoms with Gasteiger partial charge in [0.25, 0.3) is 0 Å². The summed E-state index contributed by atoms with van der Waals surface area (Å²) in [7, 11) is 0. The van der Waals surface area contributed by atoms with Gasteiger partial charge in [-0.25, -0.2) is 0 Å². The van der Waals surface area contributed by atoms with Crippen molar-refractivity contribution in [3.63, 3.8) is 0 Å². The monoisotopic (exact) mass is 418 g/mol. The van der Waals surface area contributed by atoms with Gasteiger partial charge < -0.3 is 10.6 Å². The Morgan fingerprint density at radius 3 is 2.74 bits per heavy atom. The summed E-state index contributed by atoms with van der Waals surface area (Å²) < 4.78 is 0.794. The Morgan fingerprint density at radius 2 is 2.00 bits per heavy atom. The average Bonchev–Trinajstić information content (AvgIpc) is 3.34. The van der Waals surface area contributed by atoms with Crippen LogP contribution >= 0.6 is 34.4 Å². The number of aromatic nitrogens is 2. The molecule has 3 rings (SSSR count). The number of aryl methyl sites for hydroxylation is 1. The zero-order valence-electron chi connectivity index (χ0n) is 15.1. The molecule has 0 unspecified atom stereocenters. The largest absolute Gasteiger partial charge is 0.360 e. The molecule has 0 spiro atoms. The molecule has 0 aliphatic carbocycles. The molecule has 0 atom stereocenters. The molecular weight excluding hydrogens is 396 g/mol. The fourth-order valence-electron chi connectivity index (χ4n) is 2.45. The minimum Gasteiger partial charge on any atom is -0.360 e. The molecule has 2 heterocycles. The second-order valence-electron chi connectivity index (χ2n) is 5.91. The Balaban J connectivity index is 1.39. The van der Waals surface area contributed by atoms with E-state index < -0.39 is 0 Å². The van der Waals surface area contributed by atoms with Crippen molar-refractivity contribution in [3.8, 4) is 0 Å². The molecule has 3 aromatic rings. The maximum atomic E-state index is 12.1. The Kier molecular flexibility index (Phi) is 7.67. The van der Waals surface area contributed by atoms with Gasteiger partial charge in [-0.15, -0.1) is 21.5 Å². The molecule has 2 N–H and O–H groups in total. The van der Waals surface area contributed by atoms with E-state index in [4.69, 9.17) is 0 Å². The molecule has 0 aliphatic heterocycles. The van der Waals surface area contributed by atoms with E-state index in [-0.39, 0.29) is 5.91 Å². The van der Waals surface area contributed by atoms with Crippen molar-refractivity contribution in [1.29, 1.82) is 0 Å². The van der Waals surface area contributed by atoms with E-state index in [2.05, 4.69) is 57.4 Å². The number of amides is 1. The first-order valence-corrected chi connectivity index (χ1v) is 11.5. The fraction of sp³-hybridized carbons (Fsp3) is 0.316. The van der Waals surface area contributed by atoms with Crippen LogP contribution in [-0.4, -0.2) is 28.4 Å². The van der Waals surface area contributed by atoms with Crippen LogP contribution < -0.4 is 10.6 Å². The first kappa shape index (κ1) is 19.9. The molecule has 142 valence electrons. The summed E-state index contributed by atoms with van der Waals surface area (Å²) in [6.45, 7) is 2.99. The van der Waals surface area contributed by atoms with Gasteiger partial charge in [0.2, 0.25) is 11.0 Å². The smallest absolute Gasteiger partial charge is 0.234 e. The second-order valence-corrected chi connectivity index (χ2v) is 9.15. The van der Waals surface area contributed by atoms with Crippen LogP contribution in [0.1, 0.15) is 23.8 Å². The highest BCUT2D eigenvalue weighted by atomic mass is 32.2. The molecule has 0 bridgehead atoms. The van der Waals surface area contributed by atoms with Crippen molar-refractivity contribution in [2.24, 2.45) is 0 Å². The number of thiophene rings is 1. The summed E-state index contributed by atoms with van der Waals surface area (Å²) in [4.78, 5) is 13.5. The Morgan fingerprint density at radius 1 is 1.15 bits per heavy atom. The first-order chi connectivity index (χ1) is 13.2. The van der Waals surface area contributed by atoms with E-state index in [9.17, 15) is 4.79 Å². The van der Waals surface area contributed by atoms with E-state index in [1.165, 1.54) is 33.5 Å². The van der Waals surface area contributed by atoms with Crippen molar-refractivity contribution in [3.05, 3.63) is 52.2 Å². The third kappa shape index (κ3) is 6.64. The van der Waals surface area contributed by atoms with Gasteiger partial charge in [0.05, 0.1) is 5.75 Å². The number of hydrogen-bond donors (Lipinski definition) is 2. The van der Waals surface area contributed by atoms with Crippen molar-refractivity contribution in [1.82, 2.24) is 10.2 Å². The molecule has 1 amide bonds. The molecule has 0 saturated carbocycles. The van der Waals surface area contributed by atoms with Crippen molar-refractivity contribution >= 4 is 51.2 Å². The zero-order chi connectivity index (χ0) is 18.9. The van der Waals surface area contributed by atoms with Crippen molar-refractivity contribution in [2.45, 2.75) is 30.5 Å². The maximum absolute atomic E-state index is 12.1. The van der Waals surface area contributed by atoms with Gasteiger partial charge >= 0.3 is 0 Å². The normalized spacial score (nSPS) is 10.7. The number of nitrogens with one attached hydrogen (secondary N) is 2. The summed E-state index contributed by atoms with van der Waals surface area (Å²) in [6.07, 6.45) is 3.15. The van der Waals surface area contributed by atoms with Crippen LogP contribution in [0.15, 0.2) is 46.1 Å². The lowest BCUT2D eigenvalue weighted by Gasteiger charge is -2.05.